The molecule has 1 rings (SSSR count). The zero-order chi connectivity index (χ0) is 6.91. The van der Waals surface area contributed by atoms with Crippen LogP contribution in [0.2, 0.25) is 0 Å². The first-order chi connectivity index (χ1) is 4.16. The molecule has 0 aromatic carbocycles. The maximum Gasteiger partial charge on any atom is 0.130 e. The lowest BCUT2D eigenvalue weighted by Gasteiger charge is -2.08. The van der Waals surface area contributed by atoms with E-state index in [0.29, 0.717) is 0 Å². The van der Waals surface area contributed by atoms with Crippen LogP contribution < -0.4 is 5.73 Å². The van der Waals surface area contributed by atoms with Gasteiger partial charge in [0.05, 0.1) is 0 Å². The van der Waals surface area contributed by atoms with Crippen LogP contribution in [0.1, 0.15) is 19.3 Å². The molecule has 9 heavy (non-hydrogen) atoms. The molecule has 0 spiro atoms. The summed E-state index contributed by atoms with van der Waals surface area (Å²) in [5.41, 5.74) is 5.17. The molecule has 0 aliphatic heterocycles. The second-order valence-corrected chi connectivity index (χ2v) is 2.82. The van der Waals surface area contributed by atoms with Crippen molar-refractivity contribution in [1.82, 2.24) is 0 Å². The molecule has 1 nitrogen and oxygen atoms in total. The van der Waals surface area contributed by atoms with Gasteiger partial charge in [-0.25, -0.2) is 8.78 Å². The zero-order valence-electron chi connectivity index (χ0n) is 5.24. The van der Waals surface area contributed by atoms with Gasteiger partial charge in [0.25, 0.3) is 0 Å². The fraction of sp³-hybridized carbons (Fsp3) is 1.00. The van der Waals surface area contributed by atoms with Crippen molar-refractivity contribution >= 4 is 0 Å². The van der Waals surface area contributed by atoms with Crippen LogP contribution in [0.25, 0.3) is 0 Å². The third-order valence-electron chi connectivity index (χ3n) is 1.69. The second kappa shape index (κ2) is 2.21. The maximum atomic E-state index is 12.2. The highest BCUT2D eigenvalue weighted by Gasteiger charge is 2.40. The van der Waals surface area contributed by atoms with Crippen molar-refractivity contribution in [2.24, 2.45) is 5.73 Å². The first-order valence-corrected chi connectivity index (χ1v) is 3.15. The van der Waals surface area contributed by atoms with Crippen LogP contribution in [0.4, 0.5) is 8.78 Å². The third-order valence-corrected chi connectivity index (χ3v) is 1.69. The number of hydrogen-bond acceptors (Lipinski definition) is 1. The molecule has 1 unspecified atom stereocenters. The van der Waals surface area contributed by atoms with E-state index < -0.39 is 12.8 Å². The van der Waals surface area contributed by atoms with Crippen molar-refractivity contribution in [1.29, 1.82) is 0 Å². The number of hydrogen-bond donors (Lipinski definition) is 1. The summed E-state index contributed by atoms with van der Waals surface area (Å²) in [6.07, 6.45) is 0.571. The fourth-order valence-electron chi connectivity index (χ4n) is 0.860. The van der Waals surface area contributed by atoms with Crippen molar-refractivity contribution in [3.05, 3.63) is 0 Å². The highest BCUT2D eigenvalue weighted by atomic mass is 19.2. The molecule has 2 N–H and O–H groups in total. The molecule has 0 saturated heterocycles. The van der Waals surface area contributed by atoms with E-state index in [-0.39, 0.29) is 12.0 Å². The average molecular weight is 135 g/mol. The van der Waals surface area contributed by atoms with Crippen LogP contribution in [0.5, 0.6) is 0 Å². The van der Waals surface area contributed by atoms with Crippen LogP contribution in [-0.4, -0.2) is 18.4 Å². The van der Waals surface area contributed by atoms with Gasteiger partial charge in [-0.3, -0.25) is 0 Å². The molecule has 0 aromatic rings. The molecule has 1 saturated carbocycles. The van der Waals surface area contributed by atoms with Crippen molar-refractivity contribution in [2.45, 2.75) is 31.0 Å². The van der Waals surface area contributed by atoms with Gasteiger partial charge in [-0.05, 0) is 19.3 Å². The van der Waals surface area contributed by atoms with Crippen LogP contribution in [0, 0.1) is 0 Å². The van der Waals surface area contributed by atoms with Gasteiger partial charge in [0.1, 0.15) is 12.8 Å². The Balaban J connectivity index is 2.17. The van der Waals surface area contributed by atoms with Gasteiger partial charge < -0.3 is 5.73 Å². The summed E-state index contributed by atoms with van der Waals surface area (Å²) in [6, 6.07) is 0. The molecule has 0 radical (unpaired) electrons. The SMILES string of the molecule is NC1(CC(F)CF)CC1. The molecule has 0 aromatic heterocycles. The van der Waals surface area contributed by atoms with E-state index in [4.69, 9.17) is 5.73 Å². The van der Waals surface area contributed by atoms with E-state index in [2.05, 4.69) is 0 Å². The summed E-state index contributed by atoms with van der Waals surface area (Å²) < 4.78 is 23.7. The predicted octanol–water partition coefficient (Wildman–Crippen LogP) is 1.18. The summed E-state index contributed by atoms with van der Waals surface area (Å²) in [7, 11) is 0. The van der Waals surface area contributed by atoms with E-state index in [1.165, 1.54) is 0 Å². The lowest BCUT2D eigenvalue weighted by Crippen LogP contribution is -2.26. The minimum atomic E-state index is -1.34. The number of rotatable bonds is 3. The monoisotopic (exact) mass is 135 g/mol. The van der Waals surface area contributed by atoms with Crippen molar-refractivity contribution in [3.8, 4) is 0 Å². The first-order valence-electron chi connectivity index (χ1n) is 3.15. The molecule has 1 fully saturated rings. The lowest BCUT2D eigenvalue weighted by atomic mass is 10.1. The molecule has 0 heterocycles. The summed E-state index contributed by atoms with van der Waals surface area (Å²) in [5, 5.41) is 0. The average Bonchev–Trinajstić information content (AvgIpc) is 2.48. The Labute approximate surface area is 53.2 Å². The molecule has 1 aliphatic rings. The van der Waals surface area contributed by atoms with E-state index in [0.717, 1.165) is 12.8 Å². The van der Waals surface area contributed by atoms with Gasteiger partial charge in [0.15, 0.2) is 0 Å². The summed E-state index contributed by atoms with van der Waals surface area (Å²) in [6.45, 7) is -0.890. The van der Waals surface area contributed by atoms with E-state index in [1.54, 1.807) is 0 Å². The Morgan fingerprint density at radius 2 is 2.11 bits per heavy atom. The minimum absolute atomic E-state index is 0.198. The van der Waals surface area contributed by atoms with Gasteiger partial charge in [0.2, 0.25) is 0 Å². The number of nitrogens with two attached hydrogens (primary N) is 1. The lowest BCUT2D eigenvalue weighted by molar-refractivity contribution is 0.230. The van der Waals surface area contributed by atoms with Crippen LogP contribution in [-0.2, 0) is 0 Å². The molecular formula is C6H11F2N. The molecule has 1 atom stereocenters. The summed E-state index contributed by atoms with van der Waals surface area (Å²) in [4.78, 5) is 0. The molecular weight excluding hydrogens is 124 g/mol. The zero-order valence-corrected chi connectivity index (χ0v) is 5.24. The van der Waals surface area contributed by atoms with Gasteiger partial charge in [0, 0.05) is 5.54 Å². The Hall–Kier alpha value is -0.180. The van der Waals surface area contributed by atoms with Gasteiger partial charge in [-0.2, -0.15) is 0 Å². The van der Waals surface area contributed by atoms with Crippen molar-refractivity contribution in [3.63, 3.8) is 0 Å². The summed E-state index contributed by atoms with van der Waals surface area (Å²) in [5.74, 6) is 0. The van der Waals surface area contributed by atoms with Gasteiger partial charge in [-0.15, -0.1) is 0 Å². The topological polar surface area (TPSA) is 26.0 Å². The highest BCUT2D eigenvalue weighted by Crippen LogP contribution is 2.37. The second-order valence-electron chi connectivity index (χ2n) is 2.82. The van der Waals surface area contributed by atoms with Gasteiger partial charge >= 0.3 is 0 Å². The molecule has 1 aliphatic carbocycles. The Kier molecular flexibility index (Phi) is 1.70. The van der Waals surface area contributed by atoms with Crippen molar-refractivity contribution < 1.29 is 8.78 Å². The Morgan fingerprint density at radius 1 is 1.56 bits per heavy atom. The maximum absolute atomic E-state index is 12.2. The van der Waals surface area contributed by atoms with Crippen molar-refractivity contribution in [2.75, 3.05) is 6.67 Å². The minimum Gasteiger partial charge on any atom is -0.325 e. The Bertz CT molecular complexity index is 101. The summed E-state index contributed by atoms with van der Waals surface area (Å²) >= 11 is 0. The molecule has 0 bridgehead atoms. The quantitative estimate of drug-likeness (QED) is 0.617. The predicted molar refractivity (Wildman–Crippen MR) is 31.6 cm³/mol. The van der Waals surface area contributed by atoms with E-state index in [1.807, 2.05) is 0 Å². The normalized spacial score (nSPS) is 25.7. The van der Waals surface area contributed by atoms with Crippen LogP contribution in [0.15, 0.2) is 0 Å². The Morgan fingerprint density at radius 3 is 2.44 bits per heavy atom. The highest BCUT2D eigenvalue weighted by molar-refractivity contribution is 4.99. The molecule has 0 amide bonds. The number of alkyl halides is 2. The fourth-order valence-corrected chi connectivity index (χ4v) is 0.860. The largest absolute Gasteiger partial charge is 0.325 e. The first kappa shape index (κ1) is 6.93. The number of halogens is 2. The van der Waals surface area contributed by atoms with E-state index in [9.17, 15) is 8.78 Å². The molecule has 54 valence electrons. The smallest absolute Gasteiger partial charge is 0.130 e. The van der Waals surface area contributed by atoms with E-state index >= 15 is 0 Å². The van der Waals surface area contributed by atoms with Crippen LogP contribution >= 0.6 is 0 Å². The third kappa shape index (κ3) is 1.90. The standard InChI is InChI=1S/C6H11F2N/c7-4-5(8)3-6(9)1-2-6/h5H,1-4,9H2. The van der Waals surface area contributed by atoms with Crippen LogP contribution in [0.3, 0.4) is 0 Å². The molecule has 3 heteroatoms. The van der Waals surface area contributed by atoms with Gasteiger partial charge in [-0.1, -0.05) is 0 Å².